The molecule has 0 radical (unpaired) electrons. The molecule has 0 aliphatic rings. The smallest absolute Gasteiger partial charge is 0.249 e. The molecule has 63 heavy (non-hydrogen) atoms. The van der Waals surface area contributed by atoms with Crippen molar-refractivity contribution in [2.24, 2.45) is 0 Å². The van der Waals surface area contributed by atoms with Crippen molar-refractivity contribution in [2.75, 3.05) is 6.61 Å². The molecule has 0 rings (SSSR count). The molecule has 0 bridgehead atoms. The van der Waals surface area contributed by atoms with Gasteiger partial charge in [0.1, 0.15) is 6.10 Å². The van der Waals surface area contributed by atoms with Gasteiger partial charge in [-0.2, -0.15) is 0 Å². The summed E-state index contributed by atoms with van der Waals surface area (Å²) >= 11 is 0. The van der Waals surface area contributed by atoms with Crippen molar-refractivity contribution in [1.29, 1.82) is 0 Å². The lowest BCUT2D eigenvalue weighted by Gasteiger charge is -2.21. The Bertz CT molecular complexity index is 978. The molecule has 0 heterocycles. The zero-order chi connectivity index (χ0) is 45.8. The molecule has 0 spiro atoms. The van der Waals surface area contributed by atoms with Crippen LogP contribution >= 0.6 is 0 Å². The Morgan fingerprint density at radius 3 is 0.968 bits per heavy atom. The third kappa shape index (κ3) is 48.3. The molecule has 0 aromatic rings. The highest BCUT2D eigenvalue weighted by molar-refractivity contribution is 5.80. The summed E-state index contributed by atoms with van der Waals surface area (Å²) in [6.07, 6.45) is 69.7. The number of hydrogen-bond acceptors (Lipinski definition) is 4. The third-order valence-corrected chi connectivity index (χ3v) is 13.2. The number of hydrogen-bond donors (Lipinski definition) is 4. The summed E-state index contributed by atoms with van der Waals surface area (Å²) in [6, 6.07) is -0.812. The minimum atomic E-state index is -1.10. The van der Waals surface area contributed by atoms with E-state index in [1.54, 1.807) is 6.08 Å². The Labute approximate surface area is 394 Å². The summed E-state index contributed by atoms with van der Waals surface area (Å²) in [7, 11) is 0. The van der Waals surface area contributed by atoms with Crippen molar-refractivity contribution in [2.45, 2.75) is 321 Å². The third-order valence-electron chi connectivity index (χ3n) is 13.2. The van der Waals surface area contributed by atoms with E-state index in [0.29, 0.717) is 6.42 Å². The van der Waals surface area contributed by atoms with Gasteiger partial charge in [0.2, 0.25) is 5.91 Å². The molecule has 0 aliphatic heterocycles. The first-order valence-electron chi connectivity index (χ1n) is 28.3. The number of carbonyl (C=O) groups excluding carboxylic acids is 1. The monoisotopic (exact) mass is 886 g/mol. The number of unbranched alkanes of at least 4 members (excludes halogenated alkanes) is 40. The van der Waals surface area contributed by atoms with Crippen LogP contribution in [0.5, 0.6) is 0 Å². The van der Waals surface area contributed by atoms with E-state index >= 15 is 0 Å². The summed E-state index contributed by atoms with van der Waals surface area (Å²) in [5, 5.41) is 33.1. The van der Waals surface area contributed by atoms with Crippen molar-refractivity contribution >= 4 is 5.91 Å². The van der Waals surface area contributed by atoms with Gasteiger partial charge in [0.15, 0.2) is 0 Å². The van der Waals surface area contributed by atoms with Gasteiger partial charge < -0.3 is 20.6 Å². The summed E-state index contributed by atoms with van der Waals surface area (Å²) in [5.41, 5.74) is 0. The minimum Gasteiger partial charge on any atom is -0.394 e. The van der Waals surface area contributed by atoms with Crippen LogP contribution in [0.4, 0.5) is 0 Å². The summed E-state index contributed by atoms with van der Waals surface area (Å²) in [4.78, 5) is 12.5. The number of rotatable bonds is 52. The fourth-order valence-corrected chi connectivity index (χ4v) is 8.79. The van der Waals surface area contributed by atoms with Crippen LogP contribution in [0.1, 0.15) is 303 Å². The second-order valence-electron chi connectivity index (χ2n) is 19.5. The second-order valence-corrected chi connectivity index (χ2v) is 19.5. The summed E-state index contributed by atoms with van der Waals surface area (Å²) in [6.45, 7) is 4.16. The number of amides is 1. The van der Waals surface area contributed by atoms with Crippen LogP contribution in [0.25, 0.3) is 0 Å². The quantitative estimate of drug-likeness (QED) is 0.0362. The van der Waals surface area contributed by atoms with Crippen LogP contribution in [-0.2, 0) is 4.79 Å². The molecule has 5 heteroatoms. The maximum absolute atomic E-state index is 12.5. The highest BCUT2D eigenvalue weighted by Crippen LogP contribution is 2.17. The van der Waals surface area contributed by atoms with Gasteiger partial charge in [0, 0.05) is 0 Å². The lowest BCUT2D eigenvalue weighted by molar-refractivity contribution is -0.131. The van der Waals surface area contributed by atoms with Crippen molar-refractivity contribution in [1.82, 2.24) is 5.32 Å². The molecular weight excluding hydrogens is 775 g/mol. The van der Waals surface area contributed by atoms with Crippen LogP contribution in [0.3, 0.4) is 0 Å². The molecule has 3 unspecified atom stereocenters. The second kappa shape index (κ2) is 53.2. The molecule has 0 fully saturated rings. The van der Waals surface area contributed by atoms with Crippen LogP contribution < -0.4 is 5.32 Å². The molecule has 4 N–H and O–H groups in total. The Hall–Kier alpha value is -1.43. The van der Waals surface area contributed by atoms with Gasteiger partial charge in [-0.15, -0.1) is 0 Å². The van der Waals surface area contributed by atoms with Gasteiger partial charge in [0.05, 0.1) is 18.8 Å². The minimum absolute atomic E-state index is 0.375. The van der Waals surface area contributed by atoms with Crippen LogP contribution in [-0.4, -0.2) is 46.1 Å². The van der Waals surface area contributed by atoms with Crippen molar-refractivity contribution in [3.8, 4) is 0 Å². The van der Waals surface area contributed by atoms with Crippen molar-refractivity contribution in [3.05, 3.63) is 36.5 Å². The standard InChI is InChI=1S/C58H111NO4/c1-3-5-7-9-11-13-15-16-17-18-19-20-21-22-23-24-25-26-27-28-29-30-31-32-33-34-35-36-37-38-39-40-41-43-45-47-49-51-53-57(62)58(63)59-55(54-60)56(61)52-50-48-46-44-42-14-12-10-8-6-4-2/h28-29,42,44,50,52,55-57,60-62H,3-27,30-41,43,45-49,51,53-54H2,1-2H3,(H,59,63)/b29-28-,44-42+,52-50+. The van der Waals surface area contributed by atoms with Crippen LogP contribution in [0.2, 0.25) is 0 Å². The highest BCUT2D eigenvalue weighted by Gasteiger charge is 2.22. The lowest BCUT2D eigenvalue weighted by atomic mass is 10.0. The Morgan fingerprint density at radius 1 is 0.381 bits per heavy atom. The van der Waals surface area contributed by atoms with E-state index in [1.165, 1.54) is 244 Å². The largest absolute Gasteiger partial charge is 0.394 e. The van der Waals surface area contributed by atoms with Gasteiger partial charge in [-0.05, 0) is 57.8 Å². The first-order chi connectivity index (χ1) is 31.1. The van der Waals surface area contributed by atoms with Gasteiger partial charge in [-0.1, -0.05) is 281 Å². The zero-order valence-electron chi connectivity index (χ0n) is 42.5. The predicted molar refractivity (Wildman–Crippen MR) is 278 cm³/mol. The SMILES string of the molecule is CCCCCCC/C=C/CC/C=C/C(O)C(CO)NC(=O)C(O)CCCCCCCCCCCCCCCCCC/C=C\CCCCCCCCCCCCCCCCCCCC. The summed E-state index contributed by atoms with van der Waals surface area (Å²) < 4.78 is 0. The van der Waals surface area contributed by atoms with Crippen molar-refractivity contribution < 1.29 is 20.1 Å². The topological polar surface area (TPSA) is 89.8 Å². The average molecular weight is 887 g/mol. The van der Waals surface area contributed by atoms with Gasteiger partial charge in [-0.3, -0.25) is 4.79 Å². The predicted octanol–water partition coefficient (Wildman–Crippen LogP) is 17.4. The zero-order valence-corrected chi connectivity index (χ0v) is 42.5. The Morgan fingerprint density at radius 2 is 0.651 bits per heavy atom. The molecule has 0 aromatic carbocycles. The number of carbonyl (C=O) groups is 1. The number of aliphatic hydroxyl groups excluding tert-OH is 3. The van der Waals surface area contributed by atoms with E-state index in [1.807, 2.05) is 6.08 Å². The van der Waals surface area contributed by atoms with Gasteiger partial charge in [0.25, 0.3) is 0 Å². The Kier molecular flexibility index (Phi) is 52.0. The normalized spacial score (nSPS) is 13.5. The van der Waals surface area contributed by atoms with E-state index in [0.717, 1.165) is 38.5 Å². The lowest BCUT2D eigenvalue weighted by Crippen LogP contribution is -2.48. The number of allylic oxidation sites excluding steroid dienone is 5. The molecule has 0 aromatic heterocycles. The summed E-state index contributed by atoms with van der Waals surface area (Å²) in [5.74, 6) is -0.512. The van der Waals surface area contributed by atoms with E-state index < -0.39 is 24.2 Å². The number of nitrogens with one attached hydrogen (secondary N) is 1. The molecule has 0 saturated heterocycles. The highest BCUT2D eigenvalue weighted by atomic mass is 16.3. The Balaban J connectivity index is 3.44. The molecule has 1 amide bonds. The first kappa shape index (κ1) is 61.6. The molecule has 0 aliphatic carbocycles. The fourth-order valence-electron chi connectivity index (χ4n) is 8.79. The maximum Gasteiger partial charge on any atom is 0.249 e. The van der Waals surface area contributed by atoms with E-state index in [2.05, 4.69) is 43.5 Å². The van der Waals surface area contributed by atoms with Crippen molar-refractivity contribution in [3.63, 3.8) is 0 Å². The van der Waals surface area contributed by atoms with E-state index in [-0.39, 0.29) is 6.61 Å². The molecule has 0 saturated carbocycles. The maximum atomic E-state index is 12.5. The molecule has 3 atom stereocenters. The van der Waals surface area contributed by atoms with Gasteiger partial charge in [-0.25, -0.2) is 0 Å². The molecule has 5 nitrogen and oxygen atoms in total. The van der Waals surface area contributed by atoms with Crippen LogP contribution in [0.15, 0.2) is 36.5 Å². The average Bonchev–Trinajstić information content (AvgIpc) is 3.29. The fraction of sp³-hybridized carbons (Fsp3) is 0.879. The van der Waals surface area contributed by atoms with Gasteiger partial charge >= 0.3 is 0 Å². The molecular formula is C58H111NO4. The number of aliphatic hydroxyl groups is 3. The van der Waals surface area contributed by atoms with Crippen LogP contribution in [0, 0.1) is 0 Å². The molecule has 372 valence electrons. The van der Waals surface area contributed by atoms with E-state index in [9.17, 15) is 20.1 Å². The van der Waals surface area contributed by atoms with E-state index in [4.69, 9.17) is 0 Å². The first-order valence-corrected chi connectivity index (χ1v) is 28.3.